The molecule has 0 radical (unpaired) electrons. The quantitative estimate of drug-likeness (QED) is 0.286. The molecule has 1 heterocycles. The molecule has 28 heavy (non-hydrogen) atoms. The molecule has 0 fully saturated rings. The number of nitrogens with zero attached hydrogens (tertiary/aromatic N) is 1. The fraction of sp³-hybridized carbons (Fsp3) is 0.200. The number of benzene rings is 2. The predicted octanol–water partition coefficient (Wildman–Crippen LogP) is 3.68. The molecule has 0 bridgehead atoms. The van der Waals surface area contributed by atoms with Gasteiger partial charge >= 0.3 is 11.6 Å². The average Bonchev–Trinajstić information content (AvgIpc) is 2.66. The summed E-state index contributed by atoms with van der Waals surface area (Å²) in [6.07, 6.45) is 0. The fourth-order valence-electron chi connectivity index (χ4n) is 2.79. The third-order valence-corrected chi connectivity index (χ3v) is 4.42. The van der Waals surface area contributed by atoms with Crippen LogP contribution in [-0.4, -0.2) is 18.0 Å². The van der Waals surface area contributed by atoms with Crippen molar-refractivity contribution < 1.29 is 23.6 Å². The molecule has 2 aromatic carbocycles. The van der Waals surface area contributed by atoms with Crippen LogP contribution in [0.3, 0.4) is 0 Å². The van der Waals surface area contributed by atoms with Crippen LogP contribution in [0.2, 0.25) is 0 Å². The summed E-state index contributed by atoms with van der Waals surface area (Å²) >= 11 is 0. The van der Waals surface area contributed by atoms with Crippen molar-refractivity contribution >= 4 is 22.6 Å². The van der Waals surface area contributed by atoms with Crippen molar-refractivity contribution in [3.63, 3.8) is 0 Å². The number of non-ortho nitro benzene ring substituents is 1. The highest BCUT2D eigenvalue weighted by Crippen LogP contribution is 2.26. The number of carbonyl (C=O) groups is 1. The Hall–Kier alpha value is -3.68. The summed E-state index contributed by atoms with van der Waals surface area (Å²) in [7, 11) is 1.35. The Morgan fingerprint density at radius 1 is 1.14 bits per heavy atom. The van der Waals surface area contributed by atoms with Crippen LogP contribution < -0.4 is 10.4 Å². The summed E-state index contributed by atoms with van der Waals surface area (Å²) < 4.78 is 15.6. The third kappa shape index (κ3) is 3.71. The van der Waals surface area contributed by atoms with Crippen LogP contribution in [0.15, 0.2) is 45.6 Å². The van der Waals surface area contributed by atoms with Gasteiger partial charge in [-0.15, -0.1) is 0 Å². The highest BCUT2D eigenvalue weighted by atomic mass is 16.6. The van der Waals surface area contributed by atoms with E-state index in [9.17, 15) is 19.7 Å². The number of fused-ring (bicyclic) bond motifs is 1. The number of rotatable bonds is 5. The van der Waals surface area contributed by atoms with Gasteiger partial charge in [0.1, 0.15) is 23.5 Å². The summed E-state index contributed by atoms with van der Waals surface area (Å²) in [4.78, 5) is 34.7. The van der Waals surface area contributed by atoms with E-state index in [1.54, 1.807) is 6.07 Å². The first-order valence-electron chi connectivity index (χ1n) is 8.33. The minimum Gasteiger partial charge on any atom is -0.496 e. The van der Waals surface area contributed by atoms with Gasteiger partial charge < -0.3 is 13.9 Å². The molecule has 0 N–H and O–H groups in total. The Morgan fingerprint density at radius 3 is 2.54 bits per heavy atom. The van der Waals surface area contributed by atoms with Crippen LogP contribution >= 0.6 is 0 Å². The number of methoxy groups -OCH3 is 1. The van der Waals surface area contributed by atoms with E-state index in [-0.39, 0.29) is 23.6 Å². The minimum absolute atomic E-state index is 0.0732. The average molecular weight is 383 g/mol. The monoisotopic (exact) mass is 383 g/mol. The molecule has 0 aliphatic rings. The van der Waals surface area contributed by atoms with Crippen molar-refractivity contribution in [3.8, 4) is 5.75 Å². The van der Waals surface area contributed by atoms with Crippen molar-refractivity contribution in [2.24, 2.45) is 0 Å². The summed E-state index contributed by atoms with van der Waals surface area (Å²) in [5, 5.41) is 11.6. The van der Waals surface area contributed by atoms with E-state index in [2.05, 4.69) is 0 Å². The number of esters is 1. The first kappa shape index (κ1) is 19.1. The standard InChI is InChI=1S/C20H17NO7/c1-11-6-15-13(8-19(22)28-18(15)7-12(11)2)10-27-20(23)16-9-14(21(24)25)4-5-17(16)26-3/h4-9H,10H2,1-3H3. The van der Waals surface area contributed by atoms with E-state index >= 15 is 0 Å². The van der Waals surface area contributed by atoms with Gasteiger partial charge in [0.2, 0.25) is 0 Å². The molecule has 0 spiro atoms. The lowest BCUT2D eigenvalue weighted by atomic mass is 10.0. The van der Waals surface area contributed by atoms with E-state index in [1.165, 1.54) is 25.3 Å². The zero-order valence-corrected chi connectivity index (χ0v) is 15.5. The van der Waals surface area contributed by atoms with Gasteiger partial charge in [0.05, 0.1) is 12.0 Å². The van der Waals surface area contributed by atoms with Crippen LogP contribution in [0.4, 0.5) is 5.69 Å². The normalized spacial score (nSPS) is 10.7. The Labute approximate surface area is 159 Å². The smallest absolute Gasteiger partial charge is 0.342 e. The van der Waals surface area contributed by atoms with Crippen molar-refractivity contribution in [1.29, 1.82) is 0 Å². The number of aryl methyl sites for hydroxylation is 2. The summed E-state index contributed by atoms with van der Waals surface area (Å²) in [5.41, 5.74) is 1.94. The van der Waals surface area contributed by atoms with Crippen molar-refractivity contribution in [3.05, 3.63) is 79.2 Å². The van der Waals surface area contributed by atoms with E-state index < -0.39 is 16.5 Å². The van der Waals surface area contributed by atoms with Crippen LogP contribution in [0.1, 0.15) is 27.0 Å². The number of carbonyl (C=O) groups excluding carboxylic acids is 1. The Kier molecular flexibility index (Phi) is 5.12. The number of nitro benzene ring substituents is 1. The molecule has 0 amide bonds. The lowest BCUT2D eigenvalue weighted by Gasteiger charge is -2.11. The maximum atomic E-state index is 12.5. The minimum atomic E-state index is -0.800. The number of nitro groups is 1. The lowest BCUT2D eigenvalue weighted by Crippen LogP contribution is -2.10. The number of hydrogen-bond donors (Lipinski definition) is 0. The van der Waals surface area contributed by atoms with E-state index in [0.29, 0.717) is 16.5 Å². The molecule has 144 valence electrons. The fourth-order valence-corrected chi connectivity index (χ4v) is 2.79. The van der Waals surface area contributed by atoms with Crippen molar-refractivity contribution in [2.75, 3.05) is 7.11 Å². The van der Waals surface area contributed by atoms with E-state index in [1.807, 2.05) is 19.9 Å². The zero-order valence-electron chi connectivity index (χ0n) is 15.5. The SMILES string of the molecule is COc1ccc([N+](=O)[O-])cc1C(=O)OCc1cc(=O)oc2cc(C)c(C)cc12. The van der Waals surface area contributed by atoms with Gasteiger partial charge in [0.25, 0.3) is 5.69 Å². The zero-order chi connectivity index (χ0) is 20.4. The first-order valence-corrected chi connectivity index (χ1v) is 8.33. The number of hydrogen-bond acceptors (Lipinski definition) is 7. The molecule has 3 aromatic rings. The van der Waals surface area contributed by atoms with Crippen LogP contribution in [0, 0.1) is 24.0 Å². The molecule has 0 aliphatic heterocycles. The Balaban J connectivity index is 1.93. The van der Waals surface area contributed by atoms with Gasteiger partial charge in [0.15, 0.2) is 0 Å². The molecule has 0 atom stereocenters. The van der Waals surface area contributed by atoms with Gasteiger partial charge in [-0.1, -0.05) is 0 Å². The lowest BCUT2D eigenvalue weighted by molar-refractivity contribution is -0.384. The summed E-state index contributed by atoms with van der Waals surface area (Å²) in [5.74, 6) is -0.648. The van der Waals surface area contributed by atoms with Gasteiger partial charge in [0, 0.05) is 29.1 Å². The Morgan fingerprint density at radius 2 is 1.86 bits per heavy atom. The predicted molar refractivity (Wildman–Crippen MR) is 101 cm³/mol. The highest BCUT2D eigenvalue weighted by Gasteiger charge is 2.19. The molecule has 8 heteroatoms. The van der Waals surface area contributed by atoms with Gasteiger partial charge in [-0.25, -0.2) is 9.59 Å². The van der Waals surface area contributed by atoms with Crippen molar-refractivity contribution in [2.45, 2.75) is 20.5 Å². The van der Waals surface area contributed by atoms with Crippen LogP contribution in [0.25, 0.3) is 11.0 Å². The molecular formula is C20H17NO7. The van der Waals surface area contributed by atoms with Crippen LogP contribution in [0.5, 0.6) is 5.75 Å². The summed E-state index contributed by atoms with van der Waals surface area (Å²) in [6.45, 7) is 3.62. The molecule has 0 aliphatic carbocycles. The largest absolute Gasteiger partial charge is 0.496 e. The Bertz CT molecular complexity index is 1150. The van der Waals surface area contributed by atoms with Crippen LogP contribution in [-0.2, 0) is 11.3 Å². The van der Waals surface area contributed by atoms with Crippen molar-refractivity contribution in [1.82, 2.24) is 0 Å². The third-order valence-electron chi connectivity index (χ3n) is 4.42. The van der Waals surface area contributed by atoms with Gasteiger partial charge in [-0.3, -0.25) is 10.1 Å². The molecule has 0 unspecified atom stereocenters. The van der Waals surface area contributed by atoms with Gasteiger partial charge in [-0.2, -0.15) is 0 Å². The van der Waals surface area contributed by atoms with E-state index in [4.69, 9.17) is 13.9 Å². The summed E-state index contributed by atoms with van der Waals surface area (Å²) in [6, 6.07) is 8.51. The second-order valence-corrected chi connectivity index (χ2v) is 6.24. The maximum absolute atomic E-state index is 12.5. The highest BCUT2D eigenvalue weighted by molar-refractivity contribution is 5.93. The molecule has 3 rings (SSSR count). The molecule has 0 saturated carbocycles. The second-order valence-electron chi connectivity index (χ2n) is 6.24. The topological polar surface area (TPSA) is 109 Å². The van der Waals surface area contributed by atoms with Gasteiger partial charge in [-0.05, 0) is 43.2 Å². The maximum Gasteiger partial charge on any atom is 0.342 e. The molecular weight excluding hydrogens is 366 g/mol. The molecule has 0 saturated heterocycles. The second kappa shape index (κ2) is 7.51. The number of ether oxygens (including phenoxy) is 2. The first-order chi connectivity index (χ1) is 13.3. The van der Waals surface area contributed by atoms with E-state index in [0.717, 1.165) is 17.2 Å². The molecule has 8 nitrogen and oxygen atoms in total. The molecule has 1 aromatic heterocycles.